The van der Waals surface area contributed by atoms with Crippen molar-refractivity contribution < 1.29 is 29.4 Å². The third-order valence-electron chi connectivity index (χ3n) is 0.232. The van der Waals surface area contributed by atoms with E-state index >= 15 is 0 Å². The molecule has 0 bridgehead atoms. The van der Waals surface area contributed by atoms with Gasteiger partial charge in [-0.25, -0.2) is 4.79 Å². The molecule has 0 aliphatic carbocycles. The summed E-state index contributed by atoms with van der Waals surface area (Å²) in [5, 5.41) is 7.88. The first-order valence-electron chi connectivity index (χ1n) is 1.22. The summed E-state index contributed by atoms with van der Waals surface area (Å²) < 4.78 is 0.146. The Morgan fingerprint density at radius 3 is 1.86 bits per heavy atom. The van der Waals surface area contributed by atoms with Gasteiger partial charge >= 0.3 is 5.97 Å². The molecule has 0 saturated heterocycles. The van der Waals surface area contributed by atoms with Crippen LogP contribution in [0.15, 0.2) is 10.2 Å². The number of hydrogen-bond acceptors (Lipinski definition) is 1. The molecule has 0 aromatic heterocycles. The third kappa shape index (κ3) is 6.56. The van der Waals surface area contributed by atoms with Gasteiger partial charge in [0, 0.05) is 19.5 Å². The second-order valence-electron chi connectivity index (χ2n) is 0.710. The van der Waals surface area contributed by atoms with Crippen molar-refractivity contribution in [2.45, 2.75) is 0 Å². The van der Waals surface area contributed by atoms with Gasteiger partial charge in [0.1, 0.15) is 0 Å². The molecule has 1 N–H and O–H groups in total. The Labute approximate surface area is 67.9 Å². The number of carboxylic acid groups (broad SMARTS) is 1. The summed E-state index contributed by atoms with van der Waals surface area (Å²) in [7, 11) is 0. The second kappa shape index (κ2) is 4.72. The van der Waals surface area contributed by atoms with Gasteiger partial charge in [0.15, 0.2) is 0 Å². The van der Waals surface area contributed by atoms with Crippen molar-refractivity contribution in [2.24, 2.45) is 0 Å². The van der Waals surface area contributed by atoms with Crippen molar-refractivity contribution in [3.8, 4) is 0 Å². The van der Waals surface area contributed by atoms with E-state index in [9.17, 15) is 4.79 Å². The van der Waals surface area contributed by atoms with Gasteiger partial charge < -0.3 is 5.11 Å². The Morgan fingerprint density at radius 1 is 1.71 bits per heavy atom. The Bertz CT molecular complexity index is 78.9. The topological polar surface area (TPSA) is 37.3 Å². The van der Waals surface area contributed by atoms with Gasteiger partial charge in [-0.3, -0.25) is 0 Å². The van der Waals surface area contributed by atoms with E-state index in [1.54, 1.807) is 22.6 Å². The van der Waals surface area contributed by atoms with Crippen LogP contribution in [-0.4, -0.2) is 11.1 Å². The van der Waals surface area contributed by atoms with Crippen LogP contribution in [0.25, 0.3) is 0 Å². The number of rotatable bonds is 1. The first-order valence-corrected chi connectivity index (χ1v) is 2.30. The maximum Gasteiger partial charge on any atom is 0.341 e. The van der Waals surface area contributed by atoms with Crippen LogP contribution in [0, 0.1) is 0 Å². The van der Waals surface area contributed by atoms with Crippen molar-refractivity contribution in [3.63, 3.8) is 0 Å². The maximum absolute atomic E-state index is 9.59. The fraction of sp³-hybridized carbons (Fsp3) is 0. The van der Waals surface area contributed by atoms with Crippen LogP contribution in [-0.2, 0) is 24.3 Å². The van der Waals surface area contributed by atoms with Crippen molar-refractivity contribution in [2.75, 3.05) is 0 Å². The molecule has 0 spiro atoms. The summed E-state index contributed by atoms with van der Waals surface area (Å²) in [5.41, 5.74) is 0. The monoisotopic (exact) mass is 262 g/mol. The van der Waals surface area contributed by atoms with Gasteiger partial charge in [0.05, 0.1) is 3.58 Å². The van der Waals surface area contributed by atoms with Crippen molar-refractivity contribution in [1.29, 1.82) is 0 Å². The molecule has 0 atom stereocenters. The largest absolute Gasteiger partial charge is 0.477 e. The van der Waals surface area contributed by atoms with E-state index in [-0.39, 0.29) is 23.1 Å². The second-order valence-corrected chi connectivity index (χ2v) is 2.01. The van der Waals surface area contributed by atoms with Crippen molar-refractivity contribution in [1.82, 2.24) is 0 Å². The molecule has 0 fully saturated rings. The van der Waals surface area contributed by atoms with Gasteiger partial charge in [-0.15, -0.1) is 0 Å². The molecule has 36 valence electrons. The molecule has 0 saturated carbocycles. The zero-order valence-electron chi connectivity index (χ0n) is 3.65. The van der Waals surface area contributed by atoms with Crippen LogP contribution in [0.4, 0.5) is 0 Å². The fourth-order valence-electron chi connectivity index (χ4n) is 0. The van der Waals surface area contributed by atoms with Crippen LogP contribution >= 0.6 is 22.6 Å². The predicted octanol–water partition coefficient (Wildman–Crippen LogP) is 1.02. The number of hydrogen-bond donors (Lipinski definition) is 1. The predicted molar refractivity (Wildman–Crippen MR) is 30.8 cm³/mol. The Balaban J connectivity index is 0. The van der Waals surface area contributed by atoms with Crippen LogP contribution in [0.5, 0.6) is 0 Å². The molecule has 0 aromatic rings. The average molecular weight is 263 g/mol. The molecule has 0 aliphatic heterocycles. The van der Waals surface area contributed by atoms with E-state index < -0.39 is 5.97 Å². The molecule has 0 aliphatic rings. The quantitative estimate of drug-likeness (QED) is 0.436. The molecule has 0 radical (unpaired) electrons. The van der Waals surface area contributed by atoms with E-state index in [1.807, 2.05) is 0 Å². The first-order chi connectivity index (χ1) is 2.64. The van der Waals surface area contributed by atoms with Gasteiger partial charge in [-0.05, 0) is 22.6 Å². The molecule has 2 nitrogen and oxygen atoms in total. The molecular formula is C3H3IO2Zn. The fourth-order valence-corrected chi connectivity index (χ4v) is 0. The minimum Gasteiger partial charge on any atom is -0.477 e. The number of carbonyl (C=O) groups is 1. The van der Waals surface area contributed by atoms with Gasteiger partial charge in [0.2, 0.25) is 0 Å². The normalized spacial score (nSPS) is 6.43. The number of halogens is 1. The molecule has 7 heavy (non-hydrogen) atoms. The van der Waals surface area contributed by atoms with Gasteiger partial charge in [-0.2, -0.15) is 0 Å². The zero-order valence-corrected chi connectivity index (χ0v) is 8.77. The molecule has 0 rings (SSSR count). The molecule has 4 heteroatoms. The summed E-state index contributed by atoms with van der Waals surface area (Å²) in [6.07, 6.45) is 0. The minimum atomic E-state index is -0.949. The Kier molecular flexibility index (Phi) is 7.09. The Morgan fingerprint density at radius 2 is 1.86 bits per heavy atom. The van der Waals surface area contributed by atoms with Crippen LogP contribution in [0.1, 0.15) is 0 Å². The van der Waals surface area contributed by atoms with E-state index in [2.05, 4.69) is 6.58 Å². The molecular weight excluding hydrogens is 260 g/mol. The van der Waals surface area contributed by atoms with Crippen molar-refractivity contribution in [3.05, 3.63) is 10.2 Å². The van der Waals surface area contributed by atoms with Crippen molar-refractivity contribution >= 4 is 28.6 Å². The first kappa shape index (κ1) is 10.5. The van der Waals surface area contributed by atoms with E-state index in [0.717, 1.165) is 0 Å². The standard InChI is InChI=1S/C3H3IO2.Zn/c1-2(4)3(5)6;/h1H2,(H,5,6);. The summed E-state index contributed by atoms with van der Waals surface area (Å²) in [6, 6.07) is 0. The minimum absolute atomic E-state index is 0. The van der Waals surface area contributed by atoms with E-state index in [1.165, 1.54) is 0 Å². The van der Waals surface area contributed by atoms with Crippen LogP contribution in [0.2, 0.25) is 0 Å². The Hall–Kier alpha value is 0.563. The van der Waals surface area contributed by atoms with Crippen LogP contribution < -0.4 is 0 Å². The average Bonchev–Trinajstić information content (AvgIpc) is 1.36. The van der Waals surface area contributed by atoms with E-state index in [0.29, 0.717) is 0 Å². The SMILES string of the molecule is C=C(I)C(=O)O.[Zn]. The molecule has 0 amide bonds. The number of aliphatic carboxylic acids is 1. The number of carboxylic acids is 1. The van der Waals surface area contributed by atoms with Crippen LogP contribution in [0.3, 0.4) is 0 Å². The summed E-state index contributed by atoms with van der Waals surface area (Å²) in [4.78, 5) is 9.59. The summed E-state index contributed by atoms with van der Waals surface area (Å²) >= 11 is 1.64. The van der Waals surface area contributed by atoms with Gasteiger partial charge in [-0.1, -0.05) is 6.58 Å². The molecule has 0 unspecified atom stereocenters. The summed E-state index contributed by atoms with van der Waals surface area (Å²) in [5.74, 6) is -0.949. The third-order valence-corrected chi connectivity index (χ3v) is 0.693. The zero-order chi connectivity index (χ0) is 5.15. The summed E-state index contributed by atoms with van der Waals surface area (Å²) in [6.45, 7) is 3.14. The van der Waals surface area contributed by atoms with E-state index in [4.69, 9.17) is 5.11 Å². The molecule has 0 aromatic carbocycles. The molecule has 0 heterocycles. The smallest absolute Gasteiger partial charge is 0.341 e. The maximum atomic E-state index is 9.59. The van der Waals surface area contributed by atoms with Gasteiger partial charge in [0.25, 0.3) is 0 Å².